The Hall–Kier alpha value is -3.54. The quantitative estimate of drug-likeness (QED) is 0.408. The maximum Gasteiger partial charge on any atom is 0.159 e. The van der Waals surface area contributed by atoms with Gasteiger partial charge in [0.2, 0.25) is 0 Å². The number of rotatable bonds is 8. The summed E-state index contributed by atoms with van der Waals surface area (Å²) in [5.41, 5.74) is 9.21. The van der Waals surface area contributed by atoms with Crippen LogP contribution >= 0.6 is 0 Å². The lowest BCUT2D eigenvalue weighted by molar-refractivity contribution is 0.483. The Morgan fingerprint density at radius 1 is 0.900 bits per heavy atom. The first-order valence-electron chi connectivity index (χ1n) is 10.4. The maximum atomic E-state index is 6.29. The lowest BCUT2D eigenvalue weighted by Gasteiger charge is -2.15. The van der Waals surface area contributed by atoms with E-state index in [0.717, 1.165) is 30.2 Å². The minimum Gasteiger partial charge on any atom is -0.457 e. The zero-order valence-corrected chi connectivity index (χ0v) is 17.0. The maximum absolute atomic E-state index is 6.29. The summed E-state index contributed by atoms with van der Waals surface area (Å²) in [6, 6.07) is 17.4. The van der Waals surface area contributed by atoms with Crippen LogP contribution in [-0.2, 0) is 0 Å². The number of hydrogen-bond acceptors (Lipinski definition) is 6. The lowest BCUT2D eigenvalue weighted by atomic mass is 9.97. The normalized spacial score (nSPS) is 13.4. The molecule has 1 aliphatic rings. The van der Waals surface area contributed by atoms with Crippen molar-refractivity contribution < 1.29 is 4.74 Å². The predicted octanol–water partition coefficient (Wildman–Crippen LogP) is 5.90. The average Bonchev–Trinajstić information content (AvgIpc) is 2.79. The van der Waals surface area contributed by atoms with Gasteiger partial charge in [-0.3, -0.25) is 0 Å². The SMILES string of the molecule is Nc1c(NCCC2=CCCCC2)ncnc1Nc1ccc(Oc2ccccc2)cc1. The molecule has 0 spiro atoms. The van der Waals surface area contributed by atoms with Gasteiger partial charge in [-0.25, -0.2) is 9.97 Å². The number of para-hydroxylation sites is 1. The Bertz CT molecular complexity index is 986. The van der Waals surface area contributed by atoms with Gasteiger partial charge >= 0.3 is 0 Å². The predicted molar refractivity (Wildman–Crippen MR) is 122 cm³/mol. The molecule has 0 aliphatic heterocycles. The summed E-state index contributed by atoms with van der Waals surface area (Å²) in [6.07, 6.45) is 9.93. The van der Waals surface area contributed by atoms with Gasteiger partial charge in [0, 0.05) is 12.2 Å². The monoisotopic (exact) mass is 401 g/mol. The topological polar surface area (TPSA) is 85.1 Å². The molecule has 6 heteroatoms. The van der Waals surface area contributed by atoms with Gasteiger partial charge in [-0.05, 0) is 68.5 Å². The third-order valence-electron chi connectivity index (χ3n) is 5.10. The highest BCUT2D eigenvalue weighted by Gasteiger charge is 2.09. The minimum atomic E-state index is 0.514. The van der Waals surface area contributed by atoms with Crippen LogP contribution in [0.5, 0.6) is 11.5 Å². The van der Waals surface area contributed by atoms with E-state index < -0.39 is 0 Å². The van der Waals surface area contributed by atoms with Crippen LogP contribution < -0.4 is 21.1 Å². The molecule has 0 saturated heterocycles. The summed E-state index contributed by atoms with van der Waals surface area (Å²) in [7, 11) is 0. The number of nitrogen functional groups attached to an aromatic ring is 1. The van der Waals surface area contributed by atoms with Crippen LogP contribution in [0.2, 0.25) is 0 Å². The van der Waals surface area contributed by atoms with Crippen LogP contribution in [0.1, 0.15) is 32.1 Å². The Labute approximate surface area is 177 Å². The molecule has 1 heterocycles. The van der Waals surface area contributed by atoms with E-state index in [1.54, 1.807) is 0 Å². The van der Waals surface area contributed by atoms with Gasteiger partial charge in [0.25, 0.3) is 0 Å². The number of nitrogens with two attached hydrogens (primary N) is 1. The second-order valence-corrected chi connectivity index (χ2v) is 7.33. The Balaban J connectivity index is 1.36. The van der Waals surface area contributed by atoms with Crippen molar-refractivity contribution in [2.24, 2.45) is 0 Å². The highest BCUT2D eigenvalue weighted by Crippen LogP contribution is 2.28. The summed E-state index contributed by atoms with van der Waals surface area (Å²) < 4.78 is 5.83. The highest BCUT2D eigenvalue weighted by atomic mass is 16.5. The lowest BCUT2D eigenvalue weighted by Crippen LogP contribution is -2.10. The molecule has 1 aliphatic carbocycles. The van der Waals surface area contributed by atoms with Gasteiger partial charge < -0.3 is 21.1 Å². The molecule has 0 atom stereocenters. The first-order chi connectivity index (χ1) is 14.8. The van der Waals surface area contributed by atoms with Crippen molar-refractivity contribution >= 4 is 23.0 Å². The number of allylic oxidation sites excluding steroid dienone is 1. The largest absolute Gasteiger partial charge is 0.457 e. The molecule has 0 saturated carbocycles. The standard InChI is InChI=1S/C24H27N5O/c25-22-23(26-16-15-18-7-3-1-4-8-18)27-17-28-24(22)29-19-11-13-21(14-12-19)30-20-9-5-2-6-10-20/h2,5-7,9-14,17H,1,3-4,8,15-16,25H2,(H2,26,27,28,29). The van der Waals surface area contributed by atoms with E-state index >= 15 is 0 Å². The van der Waals surface area contributed by atoms with E-state index in [1.807, 2.05) is 54.6 Å². The molecule has 4 N–H and O–H groups in total. The molecule has 4 rings (SSSR count). The molecular weight excluding hydrogens is 374 g/mol. The van der Waals surface area contributed by atoms with Crippen LogP contribution in [0.4, 0.5) is 23.0 Å². The summed E-state index contributed by atoms with van der Waals surface area (Å²) in [4.78, 5) is 8.59. The van der Waals surface area contributed by atoms with Crippen molar-refractivity contribution in [3.8, 4) is 11.5 Å². The van der Waals surface area contributed by atoms with Crippen LogP contribution in [0.15, 0.2) is 72.6 Å². The van der Waals surface area contributed by atoms with Gasteiger partial charge in [-0.1, -0.05) is 29.8 Å². The molecule has 3 aromatic rings. The van der Waals surface area contributed by atoms with Crippen molar-refractivity contribution in [1.82, 2.24) is 9.97 Å². The number of benzene rings is 2. The molecule has 0 fully saturated rings. The molecule has 30 heavy (non-hydrogen) atoms. The Morgan fingerprint density at radius 3 is 2.43 bits per heavy atom. The van der Waals surface area contributed by atoms with E-state index in [2.05, 4.69) is 26.7 Å². The average molecular weight is 402 g/mol. The van der Waals surface area contributed by atoms with Crippen LogP contribution in [-0.4, -0.2) is 16.5 Å². The first-order valence-corrected chi connectivity index (χ1v) is 10.4. The van der Waals surface area contributed by atoms with Crippen LogP contribution in [0.3, 0.4) is 0 Å². The minimum absolute atomic E-state index is 0.514. The fraction of sp³-hybridized carbons (Fsp3) is 0.250. The number of hydrogen-bond donors (Lipinski definition) is 3. The third-order valence-corrected chi connectivity index (χ3v) is 5.10. The van der Waals surface area contributed by atoms with Crippen molar-refractivity contribution in [2.75, 3.05) is 22.9 Å². The highest BCUT2D eigenvalue weighted by molar-refractivity contribution is 5.77. The van der Waals surface area contributed by atoms with Crippen molar-refractivity contribution in [2.45, 2.75) is 32.1 Å². The number of anilines is 4. The van der Waals surface area contributed by atoms with Gasteiger partial charge in [0.1, 0.15) is 23.5 Å². The fourth-order valence-corrected chi connectivity index (χ4v) is 3.48. The second kappa shape index (κ2) is 9.78. The fourth-order valence-electron chi connectivity index (χ4n) is 3.48. The third kappa shape index (κ3) is 5.29. The zero-order chi connectivity index (χ0) is 20.6. The number of aromatic nitrogens is 2. The van der Waals surface area contributed by atoms with Gasteiger partial charge in [-0.2, -0.15) is 0 Å². The first kappa shape index (κ1) is 19.8. The molecule has 0 unspecified atom stereocenters. The Morgan fingerprint density at radius 2 is 1.67 bits per heavy atom. The van der Waals surface area contributed by atoms with E-state index in [1.165, 1.54) is 37.6 Å². The molecular formula is C24H27N5O. The Kier molecular flexibility index (Phi) is 6.44. The zero-order valence-electron chi connectivity index (χ0n) is 17.0. The summed E-state index contributed by atoms with van der Waals surface area (Å²) in [6.45, 7) is 0.817. The summed E-state index contributed by atoms with van der Waals surface area (Å²) in [5.74, 6) is 2.81. The molecule has 0 amide bonds. The van der Waals surface area contributed by atoms with E-state index in [9.17, 15) is 0 Å². The van der Waals surface area contributed by atoms with Crippen LogP contribution in [0, 0.1) is 0 Å². The molecule has 0 radical (unpaired) electrons. The van der Waals surface area contributed by atoms with Gasteiger partial charge in [0.05, 0.1) is 0 Å². The smallest absolute Gasteiger partial charge is 0.159 e. The molecule has 154 valence electrons. The number of nitrogens with one attached hydrogen (secondary N) is 2. The van der Waals surface area contributed by atoms with E-state index in [0.29, 0.717) is 17.3 Å². The summed E-state index contributed by atoms with van der Waals surface area (Å²) in [5, 5.41) is 6.61. The van der Waals surface area contributed by atoms with E-state index in [4.69, 9.17) is 10.5 Å². The summed E-state index contributed by atoms with van der Waals surface area (Å²) >= 11 is 0. The van der Waals surface area contributed by atoms with Crippen molar-refractivity contribution in [3.05, 3.63) is 72.6 Å². The van der Waals surface area contributed by atoms with Crippen molar-refractivity contribution in [3.63, 3.8) is 0 Å². The molecule has 1 aromatic heterocycles. The van der Waals surface area contributed by atoms with Crippen molar-refractivity contribution in [1.29, 1.82) is 0 Å². The molecule has 6 nitrogen and oxygen atoms in total. The van der Waals surface area contributed by atoms with E-state index in [-0.39, 0.29) is 0 Å². The van der Waals surface area contributed by atoms with Gasteiger partial charge in [-0.15, -0.1) is 0 Å². The second-order valence-electron chi connectivity index (χ2n) is 7.33. The molecule has 0 bridgehead atoms. The number of ether oxygens (including phenoxy) is 1. The van der Waals surface area contributed by atoms with Gasteiger partial charge in [0.15, 0.2) is 11.6 Å². The van der Waals surface area contributed by atoms with Crippen LogP contribution in [0.25, 0.3) is 0 Å². The number of nitrogens with zero attached hydrogens (tertiary/aromatic N) is 2. The molecule has 2 aromatic carbocycles.